The van der Waals surface area contributed by atoms with E-state index in [2.05, 4.69) is 6.92 Å². The number of epoxide rings is 2. The molecule has 7 unspecified atom stereocenters. The van der Waals surface area contributed by atoms with Crippen LogP contribution in [0.25, 0.3) is 0 Å². The minimum absolute atomic E-state index is 0.114. The molecule has 0 aromatic heterocycles. The van der Waals surface area contributed by atoms with Gasteiger partial charge in [0, 0.05) is 0 Å². The first-order valence-corrected chi connectivity index (χ1v) is 9.64. The SMILES string of the molecule is CCCC12CCC(COC(=O)C3CC4OC4CC3C(=O)OC)CC1O2. The highest BCUT2D eigenvalue weighted by atomic mass is 16.6. The van der Waals surface area contributed by atoms with Crippen molar-refractivity contribution in [1.82, 2.24) is 0 Å². The van der Waals surface area contributed by atoms with E-state index in [4.69, 9.17) is 18.9 Å². The second-order valence-electron chi connectivity index (χ2n) is 8.11. The monoisotopic (exact) mass is 352 g/mol. The molecule has 4 rings (SSSR count). The number of methoxy groups -OCH3 is 1. The number of fused-ring (bicyclic) bond motifs is 2. The Morgan fingerprint density at radius 3 is 2.48 bits per heavy atom. The Kier molecular flexibility index (Phi) is 4.52. The molecule has 2 aliphatic heterocycles. The summed E-state index contributed by atoms with van der Waals surface area (Å²) in [5.74, 6) is -1.10. The Bertz CT molecular complexity index is 548. The Morgan fingerprint density at radius 1 is 1.12 bits per heavy atom. The lowest BCUT2D eigenvalue weighted by Crippen LogP contribution is -2.38. The Balaban J connectivity index is 1.28. The van der Waals surface area contributed by atoms with E-state index < -0.39 is 11.8 Å². The summed E-state index contributed by atoms with van der Waals surface area (Å²) >= 11 is 0. The fourth-order valence-corrected chi connectivity index (χ4v) is 4.92. The van der Waals surface area contributed by atoms with Crippen LogP contribution in [0.15, 0.2) is 0 Å². The fourth-order valence-electron chi connectivity index (χ4n) is 4.92. The van der Waals surface area contributed by atoms with Crippen molar-refractivity contribution in [2.24, 2.45) is 17.8 Å². The van der Waals surface area contributed by atoms with Crippen LogP contribution in [-0.4, -0.2) is 49.6 Å². The molecule has 4 aliphatic rings. The van der Waals surface area contributed by atoms with E-state index in [1.54, 1.807) is 0 Å². The van der Waals surface area contributed by atoms with Crippen LogP contribution in [0.1, 0.15) is 51.9 Å². The van der Waals surface area contributed by atoms with Gasteiger partial charge in [0.1, 0.15) is 0 Å². The van der Waals surface area contributed by atoms with Gasteiger partial charge in [0.05, 0.1) is 49.5 Å². The van der Waals surface area contributed by atoms with Gasteiger partial charge in [-0.25, -0.2) is 0 Å². The molecule has 140 valence electrons. The van der Waals surface area contributed by atoms with Crippen molar-refractivity contribution in [3.8, 4) is 0 Å². The number of carbonyl (C=O) groups is 2. The predicted octanol–water partition coefficient (Wildman–Crippen LogP) is 2.23. The first kappa shape index (κ1) is 17.3. The third-order valence-corrected chi connectivity index (χ3v) is 6.52. The highest BCUT2D eigenvalue weighted by Gasteiger charge is 2.58. The summed E-state index contributed by atoms with van der Waals surface area (Å²) in [6.07, 6.45) is 7.09. The normalized spacial score (nSPS) is 44.2. The molecule has 0 N–H and O–H groups in total. The molecule has 0 spiro atoms. The quantitative estimate of drug-likeness (QED) is 0.539. The van der Waals surface area contributed by atoms with E-state index in [1.807, 2.05) is 0 Å². The highest BCUT2D eigenvalue weighted by Crippen LogP contribution is 2.52. The van der Waals surface area contributed by atoms with Crippen LogP contribution in [0.5, 0.6) is 0 Å². The molecule has 6 nitrogen and oxygen atoms in total. The average molecular weight is 352 g/mol. The second kappa shape index (κ2) is 6.54. The number of hydrogen-bond donors (Lipinski definition) is 0. The van der Waals surface area contributed by atoms with Crippen LogP contribution >= 0.6 is 0 Å². The minimum Gasteiger partial charge on any atom is -0.469 e. The summed E-state index contributed by atoms with van der Waals surface area (Å²) in [6.45, 7) is 2.62. The third kappa shape index (κ3) is 3.31. The predicted molar refractivity (Wildman–Crippen MR) is 87.7 cm³/mol. The molecular formula is C19H28O6. The van der Waals surface area contributed by atoms with Gasteiger partial charge in [-0.1, -0.05) is 13.3 Å². The van der Waals surface area contributed by atoms with Gasteiger partial charge in [-0.05, 0) is 44.4 Å². The summed E-state index contributed by atoms with van der Waals surface area (Å²) in [6, 6.07) is 0. The van der Waals surface area contributed by atoms with Crippen LogP contribution < -0.4 is 0 Å². The van der Waals surface area contributed by atoms with Gasteiger partial charge in [0.15, 0.2) is 0 Å². The first-order valence-electron chi connectivity index (χ1n) is 9.64. The smallest absolute Gasteiger partial charge is 0.309 e. The zero-order valence-electron chi connectivity index (χ0n) is 15.1. The van der Waals surface area contributed by atoms with Crippen molar-refractivity contribution in [1.29, 1.82) is 0 Å². The lowest BCUT2D eigenvalue weighted by Gasteiger charge is -2.28. The van der Waals surface area contributed by atoms with Crippen molar-refractivity contribution in [2.75, 3.05) is 13.7 Å². The van der Waals surface area contributed by atoms with Crippen molar-refractivity contribution < 1.29 is 28.5 Å². The van der Waals surface area contributed by atoms with Gasteiger partial charge in [-0.2, -0.15) is 0 Å². The number of carbonyl (C=O) groups excluding carboxylic acids is 2. The maximum absolute atomic E-state index is 12.6. The molecule has 2 aliphatic carbocycles. The van der Waals surface area contributed by atoms with E-state index in [0.29, 0.717) is 31.5 Å². The van der Waals surface area contributed by atoms with Crippen LogP contribution in [0.3, 0.4) is 0 Å². The molecule has 4 fully saturated rings. The average Bonchev–Trinajstić information content (AvgIpc) is 3.51. The molecule has 2 heterocycles. The number of ether oxygens (including phenoxy) is 4. The Morgan fingerprint density at radius 2 is 1.84 bits per heavy atom. The van der Waals surface area contributed by atoms with E-state index in [0.717, 1.165) is 32.1 Å². The van der Waals surface area contributed by atoms with Crippen LogP contribution in [0.4, 0.5) is 0 Å². The molecule has 0 aromatic carbocycles. The molecular weight excluding hydrogens is 324 g/mol. The van der Waals surface area contributed by atoms with Gasteiger partial charge in [-0.15, -0.1) is 0 Å². The molecule has 0 bridgehead atoms. The number of esters is 2. The number of rotatable bonds is 6. The van der Waals surface area contributed by atoms with Gasteiger partial charge in [0.2, 0.25) is 0 Å². The number of hydrogen-bond acceptors (Lipinski definition) is 6. The summed E-state index contributed by atoms with van der Waals surface area (Å²) in [5.41, 5.74) is 0.132. The van der Waals surface area contributed by atoms with E-state index in [1.165, 1.54) is 7.11 Å². The molecule has 25 heavy (non-hydrogen) atoms. The van der Waals surface area contributed by atoms with Gasteiger partial charge >= 0.3 is 11.9 Å². The molecule has 0 amide bonds. The maximum Gasteiger partial charge on any atom is 0.309 e. The van der Waals surface area contributed by atoms with E-state index in [9.17, 15) is 9.59 Å². The summed E-state index contributed by atoms with van der Waals surface area (Å²) in [5, 5.41) is 0. The van der Waals surface area contributed by atoms with Crippen molar-refractivity contribution >= 4 is 11.9 Å². The third-order valence-electron chi connectivity index (χ3n) is 6.52. The summed E-state index contributed by atoms with van der Waals surface area (Å²) in [4.78, 5) is 24.6. The van der Waals surface area contributed by atoms with Crippen molar-refractivity contribution in [3.05, 3.63) is 0 Å². The molecule has 2 saturated heterocycles. The van der Waals surface area contributed by atoms with Crippen LogP contribution in [0, 0.1) is 17.8 Å². The molecule has 6 heteroatoms. The topological polar surface area (TPSA) is 77.7 Å². The fraction of sp³-hybridized carbons (Fsp3) is 0.895. The lowest BCUT2D eigenvalue weighted by atomic mass is 9.79. The van der Waals surface area contributed by atoms with Gasteiger partial charge < -0.3 is 18.9 Å². The lowest BCUT2D eigenvalue weighted by molar-refractivity contribution is -0.161. The second-order valence-corrected chi connectivity index (χ2v) is 8.11. The largest absolute Gasteiger partial charge is 0.469 e. The van der Waals surface area contributed by atoms with Gasteiger partial charge in [-0.3, -0.25) is 9.59 Å². The van der Waals surface area contributed by atoms with Crippen LogP contribution in [-0.2, 0) is 28.5 Å². The van der Waals surface area contributed by atoms with Gasteiger partial charge in [0.25, 0.3) is 0 Å². The van der Waals surface area contributed by atoms with Crippen molar-refractivity contribution in [2.45, 2.75) is 75.8 Å². The molecule has 2 saturated carbocycles. The Labute approximate surface area is 148 Å². The maximum atomic E-state index is 12.6. The minimum atomic E-state index is -0.434. The summed E-state index contributed by atoms with van der Waals surface area (Å²) in [7, 11) is 1.37. The zero-order valence-corrected chi connectivity index (χ0v) is 15.1. The molecule has 0 aromatic rings. The van der Waals surface area contributed by atoms with Crippen molar-refractivity contribution in [3.63, 3.8) is 0 Å². The Hall–Kier alpha value is -1.14. The highest BCUT2D eigenvalue weighted by molar-refractivity contribution is 5.82. The van der Waals surface area contributed by atoms with E-state index >= 15 is 0 Å². The van der Waals surface area contributed by atoms with Crippen LogP contribution in [0.2, 0.25) is 0 Å². The first-order chi connectivity index (χ1) is 12.1. The molecule has 7 atom stereocenters. The molecule has 0 radical (unpaired) electrons. The zero-order chi connectivity index (χ0) is 17.6. The van der Waals surface area contributed by atoms with E-state index in [-0.39, 0.29) is 29.7 Å². The standard InChI is InChI=1S/C19H28O6/c1-3-5-19-6-4-11(7-16(19)25-19)10-23-18(21)13-9-15-14(24-15)8-12(13)17(20)22-2/h11-16H,3-10H2,1-2H3. The summed E-state index contributed by atoms with van der Waals surface area (Å²) < 4.78 is 21.9.